The Labute approximate surface area is 256 Å². The Hall–Kier alpha value is -5.02. The third-order valence-corrected chi connectivity index (χ3v) is 7.58. The van der Waals surface area contributed by atoms with Crippen LogP contribution in [0, 0.1) is 0 Å². The fraction of sp³-hybridized carbons (Fsp3) is 0.257. The van der Waals surface area contributed by atoms with E-state index in [2.05, 4.69) is 63.7 Å². The molecule has 0 spiro atoms. The third kappa shape index (κ3) is 7.12. The summed E-state index contributed by atoms with van der Waals surface area (Å²) in [7, 11) is 3.36. The van der Waals surface area contributed by atoms with Crippen molar-refractivity contribution in [2.75, 3.05) is 34.0 Å². The summed E-state index contributed by atoms with van der Waals surface area (Å²) in [6, 6.07) is 30.8. The first-order valence-corrected chi connectivity index (χ1v) is 14.6. The van der Waals surface area contributed by atoms with Crippen molar-refractivity contribution in [3.8, 4) is 40.1 Å². The minimum atomic E-state index is 0.203. The van der Waals surface area contributed by atoms with Crippen molar-refractivity contribution in [1.82, 2.24) is 15.2 Å². The highest BCUT2D eigenvalue weighted by molar-refractivity contribution is 5.64. The Morgan fingerprint density at radius 1 is 0.682 bits per heavy atom. The number of hydrogen-bond donors (Lipinski definition) is 0. The highest BCUT2D eigenvalue weighted by Gasteiger charge is 2.20. The van der Waals surface area contributed by atoms with Gasteiger partial charge in [-0.05, 0) is 74.4 Å². The van der Waals surface area contributed by atoms with Crippen LogP contribution in [0.4, 0.5) is 0 Å². The molecule has 44 heavy (non-hydrogen) atoms. The average molecular weight is 594 g/mol. The fourth-order valence-electron chi connectivity index (χ4n) is 5.25. The minimum Gasteiger partial charge on any atom is -0.493 e. The van der Waals surface area contributed by atoms with Crippen molar-refractivity contribution < 1.29 is 28.3 Å². The molecule has 1 aliphatic heterocycles. The van der Waals surface area contributed by atoms with Gasteiger partial charge in [-0.1, -0.05) is 66.7 Å². The molecule has 1 aliphatic rings. The van der Waals surface area contributed by atoms with Crippen molar-refractivity contribution in [3.63, 3.8) is 0 Å². The number of nitrogens with zero attached hydrogens (tertiary/aromatic N) is 3. The molecular formula is C35H35N3O6. The molecule has 5 aromatic rings. The first kappa shape index (κ1) is 29.1. The molecule has 0 aliphatic carbocycles. The lowest BCUT2D eigenvalue weighted by atomic mass is 9.98. The molecule has 226 valence electrons. The first-order chi connectivity index (χ1) is 21.7. The van der Waals surface area contributed by atoms with E-state index in [4.69, 9.17) is 28.3 Å². The molecule has 9 nitrogen and oxygen atoms in total. The van der Waals surface area contributed by atoms with Gasteiger partial charge in [-0.2, -0.15) is 0 Å². The predicted octanol–water partition coefficient (Wildman–Crippen LogP) is 6.35. The van der Waals surface area contributed by atoms with Crippen molar-refractivity contribution in [2.45, 2.75) is 26.1 Å². The van der Waals surface area contributed by atoms with E-state index >= 15 is 0 Å². The molecule has 0 amide bonds. The summed E-state index contributed by atoms with van der Waals surface area (Å²) in [6.45, 7) is 3.74. The van der Waals surface area contributed by atoms with Crippen LogP contribution < -0.4 is 23.7 Å². The van der Waals surface area contributed by atoms with Crippen LogP contribution in [0.2, 0.25) is 0 Å². The number of hydrogen-bond acceptors (Lipinski definition) is 9. The number of rotatable bonds is 13. The van der Waals surface area contributed by atoms with Gasteiger partial charge in [0.2, 0.25) is 0 Å². The first-order valence-electron chi connectivity index (χ1n) is 14.6. The van der Waals surface area contributed by atoms with Crippen LogP contribution in [0.15, 0.2) is 95.6 Å². The van der Waals surface area contributed by atoms with Crippen LogP contribution in [-0.2, 0) is 26.1 Å². The van der Waals surface area contributed by atoms with Gasteiger partial charge >= 0.3 is 11.8 Å². The number of benzene rings is 4. The van der Waals surface area contributed by atoms with Gasteiger partial charge in [0.15, 0.2) is 11.5 Å². The molecule has 0 saturated carbocycles. The predicted molar refractivity (Wildman–Crippen MR) is 165 cm³/mol. The maximum absolute atomic E-state index is 5.86. The van der Waals surface area contributed by atoms with Crippen molar-refractivity contribution in [2.24, 2.45) is 0 Å². The molecular weight excluding hydrogens is 558 g/mol. The molecule has 1 aromatic heterocycles. The average Bonchev–Trinajstić information content (AvgIpc) is 3.53. The van der Waals surface area contributed by atoms with Gasteiger partial charge < -0.3 is 23.7 Å². The zero-order valence-electron chi connectivity index (χ0n) is 24.9. The zero-order chi connectivity index (χ0) is 30.1. The quantitative estimate of drug-likeness (QED) is 0.145. The lowest BCUT2D eigenvalue weighted by molar-refractivity contribution is 0.196. The van der Waals surface area contributed by atoms with Crippen molar-refractivity contribution in [3.05, 3.63) is 113 Å². The molecule has 0 bridgehead atoms. The van der Waals surface area contributed by atoms with E-state index in [1.165, 1.54) is 16.7 Å². The minimum absolute atomic E-state index is 0.203. The number of methoxy groups -OCH3 is 2. The largest absolute Gasteiger partial charge is 0.493 e. The lowest BCUT2D eigenvalue weighted by Crippen LogP contribution is -2.30. The Balaban J connectivity index is 0.962. The highest BCUT2D eigenvalue weighted by Crippen LogP contribution is 2.34. The molecule has 2 heterocycles. The normalized spacial score (nSPS) is 12.8. The second-order valence-corrected chi connectivity index (χ2v) is 10.5. The second-order valence-electron chi connectivity index (χ2n) is 10.5. The van der Waals surface area contributed by atoms with E-state index < -0.39 is 0 Å². The van der Waals surface area contributed by atoms with E-state index in [1.54, 1.807) is 14.2 Å². The summed E-state index contributed by atoms with van der Waals surface area (Å²) in [5.74, 6) is 2.75. The van der Waals surface area contributed by atoms with Gasteiger partial charge in [-0.15, -0.1) is 0 Å². The molecule has 9 heteroatoms. The van der Waals surface area contributed by atoms with Gasteiger partial charge in [0.1, 0.15) is 25.6 Å². The topological polar surface area (TPSA) is 88.3 Å². The fourth-order valence-corrected chi connectivity index (χ4v) is 5.25. The van der Waals surface area contributed by atoms with Crippen LogP contribution in [0.5, 0.6) is 29.0 Å². The van der Waals surface area contributed by atoms with E-state index in [9.17, 15) is 0 Å². The van der Waals surface area contributed by atoms with Crippen LogP contribution in [0.1, 0.15) is 22.3 Å². The smallest absolute Gasteiger partial charge is 0.320 e. The SMILES string of the molecule is COc1cc2c(cc1OC)CN(Cc1ccc(-c3ccc(OCCOc4nonc4OCc4ccccc4)cc3)cc1)CC2. The third-order valence-electron chi connectivity index (χ3n) is 7.58. The van der Waals surface area contributed by atoms with Crippen LogP contribution in [0.25, 0.3) is 11.1 Å². The highest BCUT2D eigenvalue weighted by atomic mass is 16.6. The van der Waals surface area contributed by atoms with Crippen molar-refractivity contribution >= 4 is 0 Å². The summed E-state index contributed by atoms with van der Waals surface area (Å²) in [6.07, 6.45) is 0.996. The summed E-state index contributed by atoms with van der Waals surface area (Å²) in [5.41, 5.74) is 7.21. The van der Waals surface area contributed by atoms with Gasteiger partial charge in [0.05, 0.1) is 14.2 Å². The maximum Gasteiger partial charge on any atom is 0.320 e. The van der Waals surface area contributed by atoms with Crippen LogP contribution in [-0.4, -0.2) is 49.2 Å². The van der Waals surface area contributed by atoms with E-state index in [0.29, 0.717) is 13.2 Å². The standard InChI is InChI=1S/C35H35N3O6/c1-39-32-20-29-16-17-38(23-30(29)21-33(32)40-2)22-25-8-10-27(11-9-25)28-12-14-31(15-13-28)41-18-19-42-34-35(37-44-36-34)43-24-26-6-4-3-5-7-26/h3-15,20-21H,16-19,22-24H2,1-2H3. The second kappa shape index (κ2) is 14.0. The monoisotopic (exact) mass is 593 g/mol. The molecule has 0 atom stereocenters. The Bertz CT molecular complexity index is 1640. The Morgan fingerprint density at radius 3 is 2.02 bits per heavy atom. The maximum atomic E-state index is 5.86. The molecule has 0 radical (unpaired) electrons. The summed E-state index contributed by atoms with van der Waals surface area (Å²) >= 11 is 0. The Kier molecular flexibility index (Phi) is 9.23. The molecule has 4 aromatic carbocycles. The van der Waals surface area contributed by atoms with Crippen LogP contribution in [0.3, 0.4) is 0 Å². The van der Waals surface area contributed by atoms with Gasteiger partial charge in [0, 0.05) is 19.6 Å². The van der Waals surface area contributed by atoms with Crippen LogP contribution >= 0.6 is 0 Å². The van der Waals surface area contributed by atoms with Gasteiger partial charge in [-0.3, -0.25) is 4.90 Å². The lowest BCUT2D eigenvalue weighted by Gasteiger charge is -2.29. The van der Waals surface area contributed by atoms with Crippen molar-refractivity contribution in [1.29, 1.82) is 0 Å². The summed E-state index contributed by atoms with van der Waals surface area (Å²) < 4.78 is 32.9. The Morgan fingerprint density at radius 2 is 1.32 bits per heavy atom. The van der Waals surface area contributed by atoms with Gasteiger partial charge in [-0.25, -0.2) is 4.63 Å². The molecule has 6 rings (SSSR count). The van der Waals surface area contributed by atoms with E-state index in [0.717, 1.165) is 60.0 Å². The van der Waals surface area contributed by atoms with Gasteiger partial charge in [0.25, 0.3) is 0 Å². The van der Waals surface area contributed by atoms with E-state index in [1.807, 2.05) is 42.5 Å². The number of aromatic nitrogens is 2. The van der Waals surface area contributed by atoms with E-state index in [-0.39, 0.29) is 18.4 Å². The zero-order valence-corrected chi connectivity index (χ0v) is 24.9. The summed E-state index contributed by atoms with van der Waals surface area (Å²) in [4.78, 5) is 2.47. The molecule has 0 saturated heterocycles. The summed E-state index contributed by atoms with van der Waals surface area (Å²) in [5, 5.41) is 7.55. The number of fused-ring (bicyclic) bond motifs is 1. The molecule has 0 N–H and O–H groups in total. The number of ether oxygens (including phenoxy) is 5. The molecule has 0 unspecified atom stereocenters. The molecule has 0 fully saturated rings.